The molecule has 1 aliphatic heterocycles. The predicted molar refractivity (Wildman–Crippen MR) is 130 cm³/mol. The third-order valence-electron chi connectivity index (χ3n) is 12.1. The number of ether oxygens (including phenoxy) is 2. The van der Waals surface area contributed by atoms with Crippen molar-refractivity contribution in [2.24, 2.45) is 39.4 Å². The van der Waals surface area contributed by atoms with Gasteiger partial charge in [-0.1, -0.05) is 34.1 Å². The predicted octanol–water partition coefficient (Wildman–Crippen LogP) is 5.59. The van der Waals surface area contributed by atoms with E-state index in [1.807, 2.05) is 6.92 Å². The topological polar surface area (TPSA) is 72.8 Å². The first kappa shape index (κ1) is 24.3. The van der Waals surface area contributed by atoms with Crippen LogP contribution in [0.15, 0.2) is 11.1 Å². The maximum atomic E-state index is 13.0. The first-order valence-electron chi connectivity index (χ1n) is 13.6. The minimum atomic E-state index is -0.548. The molecule has 0 bridgehead atoms. The maximum Gasteiger partial charge on any atom is 0.335 e. The van der Waals surface area contributed by atoms with Gasteiger partial charge in [0.2, 0.25) is 0 Å². The van der Waals surface area contributed by atoms with E-state index in [1.165, 1.54) is 6.92 Å². The number of aliphatic hydroxyl groups excluding tert-OH is 1. The molecule has 0 aromatic carbocycles. The number of fused-ring (bicyclic) bond motifs is 6. The molecule has 0 aromatic rings. The molecule has 0 saturated heterocycles. The molecule has 5 nitrogen and oxygen atoms in total. The Morgan fingerprint density at radius 3 is 2.41 bits per heavy atom. The van der Waals surface area contributed by atoms with E-state index < -0.39 is 11.5 Å². The monoisotopic (exact) mass is 472 g/mol. The van der Waals surface area contributed by atoms with Crippen molar-refractivity contribution in [1.29, 1.82) is 0 Å². The summed E-state index contributed by atoms with van der Waals surface area (Å²) in [6, 6.07) is 0. The lowest BCUT2D eigenvalue weighted by Crippen LogP contribution is -2.66. The van der Waals surface area contributed by atoms with Crippen molar-refractivity contribution in [2.45, 2.75) is 118 Å². The van der Waals surface area contributed by atoms with Crippen LogP contribution in [0.5, 0.6) is 0 Å². The molecule has 0 amide bonds. The SMILES string of the molecule is CC(=O)OC(C)C1(C)CCCC2(C)C1CCC1(C)C2CC(O)C2(C)C3=C(CCC12)C(C)OC3=O. The number of aliphatic hydroxyl groups is 1. The van der Waals surface area contributed by atoms with E-state index in [-0.39, 0.29) is 46.3 Å². The maximum absolute atomic E-state index is 13.0. The molecule has 5 heteroatoms. The quantitative estimate of drug-likeness (QED) is 0.531. The zero-order valence-electron chi connectivity index (χ0n) is 22.2. The Hall–Kier alpha value is -1.36. The summed E-state index contributed by atoms with van der Waals surface area (Å²) in [5.41, 5.74) is 1.48. The van der Waals surface area contributed by atoms with Crippen molar-refractivity contribution in [2.75, 3.05) is 0 Å². The largest absolute Gasteiger partial charge is 0.462 e. The number of carbonyl (C=O) groups is 2. The molecule has 1 N–H and O–H groups in total. The van der Waals surface area contributed by atoms with Gasteiger partial charge in [-0.2, -0.15) is 0 Å². The third-order valence-corrected chi connectivity index (χ3v) is 12.1. The van der Waals surface area contributed by atoms with E-state index in [4.69, 9.17) is 9.47 Å². The fourth-order valence-electron chi connectivity index (χ4n) is 10.4. The molecular weight excluding hydrogens is 428 g/mol. The summed E-state index contributed by atoms with van der Waals surface area (Å²) in [5.74, 6) is 0.702. The van der Waals surface area contributed by atoms with Gasteiger partial charge in [0, 0.05) is 23.3 Å². The zero-order valence-corrected chi connectivity index (χ0v) is 22.2. The minimum absolute atomic E-state index is 0.0569. The summed E-state index contributed by atoms with van der Waals surface area (Å²) in [7, 11) is 0. The molecule has 5 rings (SSSR count). The van der Waals surface area contributed by atoms with Crippen LogP contribution in [0.3, 0.4) is 0 Å². The lowest BCUT2D eigenvalue weighted by atomic mass is 9.34. The zero-order chi connectivity index (χ0) is 24.8. The van der Waals surface area contributed by atoms with Crippen LogP contribution in [0.2, 0.25) is 0 Å². The van der Waals surface area contributed by atoms with Gasteiger partial charge in [-0.15, -0.1) is 0 Å². The summed E-state index contributed by atoms with van der Waals surface area (Å²) in [6.45, 7) is 15.0. The van der Waals surface area contributed by atoms with Crippen LogP contribution in [0.1, 0.15) is 99.8 Å². The van der Waals surface area contributed by atoms with E-state index in [0.29, 0.717) is 11.8 Å². The van der Waals surface area contributed by atoms with E-state index in [1.54, 1.807) is 0 Å². The third kappa shape index (κ3) is 2.94. The molecule has 34 heavy (non-hydrogen) atoms. The fraction of sp³-hybridized carbons (Fsp3) is 0.862. The van der Waals surface area contributed by atoms with Crippen molar-refractivity contribution in [3.63, 3.8) is 0 Å². The molecule has 5 aliphatic rings. The average molecular weight is 473 g/mol. The number of hydrogen-bond donors (Lipinski definition) is 1. The summed E-state index contributed by atoms with van der Waals surface area (Å²) < 4.78 is 11.5. The van der Waals surface area contributed by atoms with Crippen LogP contribution in [0.4, 0.5) is 0 Å². The Bertz CT molecular complexity index is 939. The molecule has 190 valence electrons. The Morgan fingerprint density at radius 1 is 1.06 bits per heavy atom. The van der Waals surface area contributed by atoms with Gasteiger partial charge < -0.3 is 14.6 Å². The van der Waals surface area contributed by atoms with Gasteiger partial charge in [0.25, 0.3) is 0 Å². The van der Waals surface area contributed by atoms with Gasteiger partial charge in [0.1, 0.15) is 12.2 Å². The molecule has 10 unspecified atom stereocenters. The standard InChI is InChI=1S/C29H44O5/c1-16-19-9-10-21-28(6)14-11-20-26(4,17(2)34-18(3)30)12-8-13-27(20,5)22(28)15-23(31)29(21,7)24(19)25(32)33-16/h16-17,20-23,31H,8-15H2,1-7H3. The summed E-state index contributed by atoms with van der Waals surface area (Å²) in [6.07, 6.45) is 7.39. The Balaban J connectivity index is 1.55. The lowest BCUT2D eigenvalue weighted by Gasteiger charge is -2.70. The van der Waals surface area contributed by atoms with Crippen molar-refractivity contribution in [1.82, 2.24) is 0 Å². The van der Waals surface area contributed by atoms with Gasteiger partial charge in [-0.25, -0.2) is 4.79 Å². The number of carbonyl (C=O) groups excluding carboxylic acids is 2. The van der Waals surface area contributed by atoms with Crippen LogP contribution >= 0.6 is 0 Å². The Kier molecular flexibility index (Phi) is 5.42. The molecular formula is C29H44O5. The van der Waals surface area contributed by atoms with E-state index in [0.717, 1.165) is 62.5 Å². The highest BCUT2D eigenvalue weighted by atomic mass is 16.5. The summed E-state index contributed by atoms with van der Waals surface area (Å²) in [4.78, 5) is 24.8. The second kappa shape index (κ2) is 7.57. The number of hydrogen-bond acceptors (Lipinski definition) is 5. The van der Waals surface area contributed by atoms with Gasteiger partial charge in [0.05, 0.1) is 6.10 Å². The van der Waals surface area contributed by atoms with Crippen molar-refractivity contribution < 1.29 is 24.2 Å². The first-order valence-corrected chi connectivity index (χ1v) is 13.6. The first-order chi connectivity index (χ1) is 15.8. The molecule has 1 heterocycles. The van der Waals surface area contributed by atoms with Crippen LogP contribution in [-0.2, 0) is 19.1 Å². The molecule has 4 aliphatic carbocycles. The highest BCUT2D eigenvalue weighted by Gasteiger charge is 2.69. The summed E-state index contributed by atoms with van der Waals surface area (Å²) in [5, 5.41) is 11.8. The van der Waals surface area contributed by atoms with Gasteiger partial charge >= 0.3 is 11.9 Å². The van der Waals surface area contributed by atoms with E-state index in [9.17, 15) is 14.7 Å². The number of cyclic esters (lactones) is 1. The average Bonchev–Trinajstić information content (AvgIpc) is 3.04. The Morgan fingerprint density at radius 2 is 1.74 bits per heavy atom. The van der Waals surface area contributed by atoms with Crippen LogP contribution in [-0.4, -0.2) is 35.4 Å². The minimum Gasteiger partial charge on any atom is -0.462 e. The molecule has 10 atom stereocenters. The number of esters is 2. The van der Waals surface area contributed by atoms with E-state index in [2.05, 4.69) is 34.6 Å². The van der Waals surface area contributed by atoms with Crippen molar-refractivity contribution in [3.05, 3.63) is 11.1 Å². The summed E-state index contributed by atoms with van der Waals surface area (Å²) >= 11 is 0. The highest BCUT2D eigenvalue weighted by molar-refractivity contribution is 5.94. The van der Waals surface area contributed by atoms with Crippen LogP contribution in [0.25, 0.3) is 0 Å². The molecule has 0 aromatic heterocycles. The normalized spacial score (nSPS) is 50.9. The smallest absolute Gasteiger partial charge is 0.335 e. The van der Waals surface area contributed by atoms with Crippen LogP contribution < -0.4 is 0 Å². The van der Waals surface area contributed by atoms with Gasteiger partial charge in [-0.3, -0.25) is 4.79 Å². The highest BCUT2D eigenvalue weighted by Crippen LogP contribution is 2.73. The molecule has 3 saturated carbocycles. The second-order valence-corrected chi connectivity index (χ2v) is 13.3. The number of rotatable bonds is 2. The van der Waals surface area contributed by atoms with Crippen LogP contribution in [0, 0.1) is 39.4 Å². The lowest BCUT2D eigenvalue weighted by molar-refractivity contribution is -0.232. The molecule has 0 radical (unpaired) electrons. The molecule has 3 fully saturated rings. The fourth-order valence-corrected chi connectivity index (χ4v) is 10.4. The van der Waals surface area contributed by atoms with Crippen molar-refractivity contribution >= 4 is 11.9 Å². The van der Waals surface area contributed by atoms with Crippen molar-refractivity contribution in [3.8, 4) is 0 Å². The van der Waals surface area contributed by atoms with Gasteiger partial charge in [0.15, 0.2) is 0 Å². The second-order valence-electron chi connectivity index (χ2n) is 13.3. The van der Waals surface area contributed by atoms with E-state index >= 15 is 0 Å². The van der Waals surface area contributed by atoms with Gasteiger partial charge in [-0.05, 0) is 93.0 Å². The Labute approximate surface area is 205 Å². The molecule has 0 spiro atoms.